The Morgan fingerprint density at radius 2 is 2.00 bits per heavy atom. The van der Waals surface area contributed by atoms with Gasteiger partial charge in [-0.2, -0.15) is 0 Å². The van der Waals surface area contributed by atoms with E-state index >= 15 is 0 Å². The van der Waals surface area contributed by atoms with Crippen molar-refractivity contribution >= 4 is 45.0 Å². The van der Waals surface area contributed by atoms with Crippen molar-refractivity contribution < 1.29 is 14.3 Å². The van der Waals surface area contributed by atoms with E-state index in [-0.39, 0.29) is 24.3 Å². The minimum Gasteiger partial charge on any atom is -0.495 e. The van der Waals surface area contributed by atoms with Gasteiger partial charge in [0.15, 0.2) is 0 Å². The molecule has 1 unspecified atom stereocenters. The van der Waals surface area contributed by atoms with Crippen molar-refractivity contribution in [1.82, 2.24) is 10.6 Å². The molecule has 2 aromatic carbocycles. The zero-order chi connectivity index (χ0) is 20.8. The highest BCUT2D eigenvalue weighted by Gasteiger charge is 2.26. The van der Waals surface area contributed by atoms with Crippen molar-refractivity contribution in [2.24, 2.45) is 0 Å². The van der Waals surface area contributed by atoms with Crippen LogP contribution in [0.25, 0.3) is 0 Å². The number of methoxy groups -OCH3 is 1. The minimum absolute atomic E-state index is 0.0494. The predicted octanol–water partition coefficient (Wildman–Crippen LogP) is 3.63. The normalized spacial score (nSPS) is 15.8. The molecule has 154 valence electrons. The highest BCUT2D eigenvalue weighted by Crippen LogP contribution is 2.33. The molecule has 0 aliphatic carbocycles. The van der Waals surface area contributed by atoms with Crippen LogP contribution >= 0.6 is 27.5 Å². The number of ether oxygens (including phenoxy) is 1. The van der Waals surface area contributed by atoms with Crippen molar-refractivity contribution in [2.75, 3.05) is 31.6 Å². The largest absolute Gasteiger partial charge is 0.495 e. The number of carbonyl (C=O) groups is 2. The van der Waals surface area contributed by atoms with E-state index in [4.69, 9.17) is 16.3 Å². The second-order valence-electron chi connectivity index (χ2n) is 6.83. The molecule has 0 spiro atoms. The average molecular weight is 481 g/mol. The number of hydrogen-bond acceptors (Lipinski definition) is 4. The third-order valence-corrected chi connectivity index (χ3v) is 5.54. The SMILES string of the molecule is COc1ccc(Cl)cc1N1CCC(NC(=O)CCNC(=O)c2ccc(Br)cc2)C1. The summed E-state index contributed by atoms with van der Waals surface area (Å²) in [7, 11) is 1.63. The second-order valence-corrected chi connectivity index (χ2v) is 8.18. The van der Waals surface area contributed by atoms with E-state index in [1.54, 1.807) is 25.3 Å². The molecule has 2 N–H and O–H groups in total. The van der Waals surface area contributed by atoms with Crippen LogP contribution in [0.5, 0.6) is 5.75 Å². The van der Waals surface area contributed by atoms with Gasteiger partial charge < -0.3 is 20.3 Å². The predicted molar refractivity (Wildman–Crippen MR) is 118 cm³/mol. The van der Waals surface area contributed by atoms with Crippen LogP contribution in [0.15, 0.2) is 46.9 Å². The lowest BCUT2D eigenvalue weighted by Crippen LogP contribution is -2.38. The quantitative estimate of drug-likeness (QED) is 0.635. The van der Waals surface area contributed by atoms with Gasteiger partial charge in [0, 0.05) is 47.2 Å². The van der Waals surface area contributed by atoms with Gasteiger partial charge in [0.2, 0.25) is 5.91 Å². The zero-order valence-corrected chi connectivity index (χ0v) is 18.4. The fraction of sp³-hybridized carbons (Fsp3) is 0.333. The summed E-state index contributed by atoms with van der Waals surface area (Å²) in [6, 6.07) is 12.6. The van der Waals surface area contributed by atoms with Gasteiger partial charge >= 0.3 is 0 Å². The first kappa shape index (κ1) is 21.5. The standard InChI is InChI=1S/C21H23BrClN3O3/c1-29-19-7-6-16(23)12-18(19)26-11-9-17(13-26)25-20(27)8-10-24-21(28)14-2-4-15(22)5-3-14/h2-7,12,17H,8-11,13H2,1H3,(H,24,28)(H,25,27). The summed E-state index contributed by atoms with van der Waals surface area (Å²) < 4.78 is 6.33. The van der Waals surface area contributed by atoms with Gasteiger partial charge in [0.25, 0.3) is 5.91 Å². The first-order valence-electron chi connectivity index (χ1n) is 9.38. The molecule has 1 atom stereocenters. The number of rotatable bonds is 7. The fourth-order valence-corrected chi connectivity index (χ4v) is 3.73. The van der Waals surface area contributed by atoms with Gasteiger partial charge in [-0.05, 0) is 48.9 Å². The molecule has 1 heterocycles. The number of anilines is 1. The van der Waals surface area contributed by atoms with Crippen molar-refractivity contribution in [1.29, 1.82) is 0 Å². The van der Waals surface area contributed by atoms with Crippen LogP contribution in [0.1, 0.15) is 23.2 Å². The minimum atomic E-state index is -0.189. The van der Waals surface area contributed by atoms with E-state index in [2.05, 4.69) is 31.5 Å². The van der Waals surface area contributed by atoms with Gasteiger partial charge in [-0.15, -0.1) is 0 Å². The Kier molecular flexibility index (Phi) is 7.39. The van der Waals surface area contributed by atoms with Crippen molar-refractivity contribution in [3.05, 3.63) is 57.5 Å². The van der Waals surface area contributed by atoms with Gasteiger partial charge in [-0.3, -0.25) is 9.59 Å². The molecule has 0 bridgehead atoms. The zero-order valence-electron chi connectivity index (χ0n) is 16.1. The number of halogens is 2. The monoisotopic (exact) mass is 479 g/mol. The number of nitrogens with zero attached hydrogens (tertiary/aromatic N) is 1. The van der Waals surface area contributed by atoms with Gasteiger partial charge in [0.05, 0.1) is 12.8 Å². The van der Waals surface area contributed by atoms with E-state index in [9.17, 15) is 9.59 Å². The molecule has 0 saturated carbocycles. The van der Waals surface area contributed by atoms with E-state index in [0.29, 0.717) is 23.7 Å². The lowest BCUT2D eigenvalue weighted by Gasteiger charge is -2.21. The van der Waals surface area contributed by atoms with Crippen LogP contribution in [0.4, 0.5) is 5.69 Å². The van der Waals surface area contributed by atoms with E-state index in [0.717, 1.165) is 28.9 Å². The summed E-state index contributed by atoms with van der Waals surface area (Å²) >= 11 is 9.46. The van der Waals surface area contributed by atoms with Crippen LogP contribution in [0.3, 0.4) is 0 Å². The van der Waals surface area contributed by atoms with Crippen LogP contribution in [-0.4, -0.2) is 44.6 Å². The average Bonchev–Trinajstić information content (AvgIpc) is 3.16. The maximum atomic E-state index is 12.2. The van der Waals surface area contributed by atoms with E-state index < -0.39 is 0 Å². The molecule has 0 aromatic heterocycles. The Morgan fingerprint density at radius 1 is 1.24 bits per heavy atom. The molecule has 1 aliphatic rings. The molecule has 29 heavy (non-hydrogen) atoms. The third-order valence-electron chi connectivity index (χ3n) is 4.78. The fourth-order valence-electron chi connectivity index (χ4n) is 3.30. The Labute approximate surface area is 183 Å². The summed E-state index contributed by atoms with van der Waals surface area (Å²) in [4.78, 5) is 26.5. The molecule has 1 saturated heterocycles. The van der Waals surface area contributed by atoms with Crippen molar-refractivity contribution in [3.63, 3.8) is 0 Å². The van der Waals surface area contributed by atoms with Crippen LogP contribution in [0, 0.1) is 0 Å². The van der Waals surface area contributed by atoms with Crippen LogP contribution < -0.4 is 20.3 Å². The molecule has 1 aliphatic heterocycles. The molecule has 1 fully saturated rings. The molecular formula is C21H23BrClN3O3. The Balaban J connectivity index is 1.44. The summed E-state index contributed by atoms with van der Waals surface area (Å²) in [6.07, 6.45) is 1.08. The Hall–Kier alpha value is -2.25. The van der Waals surface area contributed by atoms with Crippen LogP contribution in [0.2, 0.25) is 5.02 Å². The smallest absolute Gasteiger partial charge is 0.251 e. The molecule has 2 amide bonds. The topological polar surface area (TPSA) is 70.7 Å². The van der Waals surface area contributed by atoms with E-state index in [1.165, 1.54) is 0 Å². The Morgan fingerprint density at radius 3 is 2.72 bits per heavy atom. The number of amides is 2. The number of hydrogen-bond donors (Lipinski definition) is 2. The third kappa shape index (κ3) is 5.87. The van der Waals surface area contributed by atoms with Gasteiger partial charge in [-0.1, -0.05) is 27.5 Å². The summed E-state index contributed by atoms with van der Waals surface area (Å²) in [5, 5.41) is 6.46. The number of benzene rings is 2. The summed E-state index contributed by atoms with van der Waals surface area (Å²) in [5.74, 6) is 0.494. The molecule has 6 nitrogen and oxygen atoms in total. The first-order valence-corrected chi connectivity index (χ1v) is 10.5. The van der Waals surface area contributed by atoms with Crippen LogP contribution in [-0.2, 0) is 4.79 Å². The molecule has 0 radical (unpaired) electrons. The molecular weight excluding hydrogens is 458 g/mol. The van der Waals surface area contributed by atoms with Crippen molar-refractivity contribution in [3.8, 4) is 5.75 Å². The van der Waals surface area contributed by atoms with E-state index in [1.807, 2.05) is 24.3 Å². The highest BCUT2D eigenvalue weighted by atomic mass is 79.9. The highest BCUT2D eigenvalue weighted by molar-refractivity contribution is 9.10. The van der Waals surface area contributed by atoms with Gasteiger partial charge in [-0.25, -0.2) is 0 Å². The second kappa shape index (κ2) is 9.98. The maximum absolute atomic E-state index is 12.2. The summed E-state index contributed by atoms with van der Waals surface area (Å²) in [6.45, 7) is 1.79. The van der Waals surface area contributed by atoms with Crippen molar-refractivity contribution in [2.45, 2.75) is 18.9 Å². The maximum Gasteiger partial charge on any atom is 0.251 e. The Bertz CT molecular complexity index is 876. The summed E-state index contributed by atoms with van der Waals surface area (Å²) in [5.41, 5.74) is 1.49. The van der Waals surface area contributed by atoms with Gasteiger partial charge in [0.1, 0.15) is 5.75 Å². The number of nitrogens with one attached hydrogen (secondary N) is 2. The molecule has 3 rings (SSSR count). The molecule has 2 aromatic rings. The number of carbonyl (C=O) groups excluding carboxylic acids is 2. The lowest BCUT2D eigenvalue weighted by atomic mass is 10.2. The molecule has 8 heteroatoms. The first-order chi connectivity index (χ1) is 14.0. The lowest BCUT2D eigenvalue weighted by molar-refractivity contribution is -0.121.